The molecule has 0 aromatic heterocycles. The van der Waals surface area contributed by atoms with E-state index >= 15 is 0 Å². The summed E-state index contributed by atoms with van der Waals surface area (Å²) in [5, 5.41) is 0. The van der Waals surface area contributed by atoms with Crippen molar-refractivity contribution in [3.63, 3.8) is 0 Å². The summed E-state index contributed by atoms with van der Waals surface area (Å²) in [4.78, 5) is 0. The normalized spacial score (nSPS) is 13.9. The fourth-order valence-electron chi connectivity index (χ4n) is 5.04. The van der Waals surface area contributed by atoms with Crippen LogP contribution in [-0.2, 0) is 26.4 Å². The first-order valence-electron chi connectivity index (χ1n) is 13.4. The molecule has 0 unspecified atom stereocenters. The molecule has 7 rings (SSSR count). The van der Waals surface area contributed by atoms with Crippen molar-refractivity contribution in [3.8, 4) is 33.4 Å². The summed E-state index contributed by atoms with van der Waals surface area (Å²) in [5.74, 6) is 0. The SMILES string of the molecule is [C-]1=CC=CC1.[Cl-].[Cl-].[Ti+2]=[C]1CCCCC1.[c-]1c(-c2ccccc2)ccc2c1Cc1cc(-c3ccccc3)ccc1-2. The van der Waals surface area contributed by atoms with Crippen LogP contribution in [-0.4, -0.2) is 3.81 Å². The maximum absolute atomic E-state index is 3.65. The molecule has 0 nitrogen and oxygen atoms in total. The predicted octanol–water partition coefficient (Wildman–Crippen LogP) is 3.38. The van der Waals surface area contributed by atoms with E-state index in [1.54, 1.807) is 3.81 Å². The summed E-state index contributed by atoms with van der Waals surface area (Å²) < 4.78 is 1.71. The molecule has 196 valence electrons. The standard InChI is InChI=1S/C25H17.C6H10.C5H5.2ClH.Ti/c1-3-7-18(8-4-1)20-11-13-24-22(15-20)17-23-16-21(12-14-25(23)24)19-9-5-2-6-10-19;1-2-4-6-5-3-1;1-2-4-5-3-1;;;/h1-15H,17H2;1-5H2;1-3H,4H2;2*1H;/q-1;;-1;;;+2/p-2. The van der Waals surface area contributed by atoms with Gasteiger partial charge in [0.15, 0.2) is 0 Å². The van der Waals surface area contributed by atoms with Crippen molar-refractivity contribution in [2.24, 2.45) is 0 Å². The van der Waals surface area contributed by atoms with E-state index in [0.29, 0.717) is 0 Å². The molecule has 0 aliphatic heterocycles. The average Bonchev–Trinajstić information content (AvgIpc) is 3.66. The van der Waals surface area contributed by atoms with E-state index in [2.05, 4.69) is 129 Å². The van der Waals surface area contributed by atoms with Crippen molar-refractivity contribution in [1.82, 2.24) is 0 Å². The number of allylic oxidation sites excluding steroid dienone is 4. The minimum Gasteiger partial charge on any atom is -0.143 e. The molecule has 0 amide bonds. The van der Waals surface area contributed by atoms with Crippen LogP contribution >= 0.6 is 0 Å². The summed E-state index contributed by atoms with van der Waals surface area (Å²) in [6.45, 7) is 0. The molecule has 4 aromatic carbocycles. The van der Waals surface area contributed by atoms with Gasteiger partial charge in [-0.3, -0.25) is 6.08 Å². The molecule has 0 bridgehead atoms. The monoisotopic (exact) mass is 582 g/mol. The van der Waals surface area contributed by atoms with E-state index in [1.807, 2.05) is 12.2 Å². The first kappa shape index (κ1) is 31.1. The van der Waals surface area contributed by atoms with Crippen molar-refractivity contribution in [1.29, 1.82) is 0 Å². The molecular weight excluding hydrogens is 551 g/mol. The predicted molar refractivity (Wildman–Crippen MR) is 154 cm³/mol. The number of hydrogen-bond donors (Lipinski definition) is 0. The summed E-state index contributed by atoms with van der Waals surface area (Å²) in [5.41, 5.74) is 10.4. The molecule has 39 heavy (non-hydrogen) atoms. The van der Waals surface area contributed by atoms with Gasteiger partial charge in [0.1, 0.15) is 0 Å². The van der Waals surface area contributed by atoms with Gasteiger partial charge in [-0.25, -0.2) is 12.2 Å². The second kappa shape index (κ2) is 15.9. The Hall–Kier alpha value is -2.48. The van der Waals surface area contributed by atoms with Crippen molar-refractivity contribution in [3.05, 3.63) is 132 Å². The van der Waals surface area contributed by atoms with E-state index in [9.17, 15) is 0 Å². The molecule has 3 heteroatoms. The Labute approximate surface area is 258 Å². The van der Waals surface area contributed by atoms with Gasteiger partial charge < -0.3 is 24.8 Å². The van der Waals surface area contributed by atoms with Gasteiger partial charge in [-0.2, -0.15) is 6.08 Å². The number of hydrogen-bond acceptors (Lipinski definition) is 0. The summed E-state index contributed by atoms with van der Waals surface area (Å²) in [6.07, 6.45) is 18.1. The molecule has 3 aliphatic carbocycles. The summed E-state index contributed by atoms with van der Waals surface area (Å²) in [6, 6.07) is 36.0. The third kappa shape index (κ3) is 8.50. The fourth-order valence-corrected chi connectivity index (χ4v) is 5.59. The maximum atomic E-state index is 3.65. The molecule has 0 N–H and O–H groups in total. The summed E-state index contributed by atoms with van der Waals surface area (Å²) in [7, 11) is 0. The van der Waals surface area contributed by atoms with Gasteiger partial charge in [0.05, 0.1) is 0 Å². The Morgan fingerprint density at radius 1 is 0.641 bits per heavy atom. The fraction of sp³-hybridized carbons (Fsp3) is 0.194. The first-order chi connectivity index (χ1) is 18.3. The third-order valence-electron chi connectivity index (χ3n) is 7.02. The molecule has 4 aromatic rings. The quantitative estimate of drug-likeness (QED) is 0.221. The van der Waals surface area contributed by atoms with E-state index in [-0.39, 0.29) is 24.8 Å². The second-order valence-corrected chi connectivity index (χ2v) is 10.8. The number of fused-ring (bicyclic) bond motifs is 3. The minimum atomic E-state index is 0. The molecule has 0 saturated heterocycles. The van der Waals surface area contributed by atoms with E-state index in [0.717, 1.165) is 12.8 Å². The number of benzene rings is 4. The van der Waals surface area contributed by atoms with Gasteiger partial charge in [0, 0.05) is 0 Å². The van der Waals surface area contributed by atoms with Crippen LogP contribution in [0.4, 0.5) is 0 Å². The van der Waals surface area contributed by atoms with Crippen molar-refractivity contribution < 1.29 is 44.8 Å². The van der Waals surface area contributed by atoms with Gasteiger partial charge in [0.2, 0.25) is 0 Å². The van der Waals surface area contributed by atoms with Gasteiger partial charge in [-0.1, -0.05) is 95.6 Å². The van der Waals surface area contributed by atoms with Crippen molar-refractivity contribution in [2.75, 3.05) is 0 Å². The number of rotatable bonds is 2. The van der Waals surface area contributed by atoms with Crippen molar-refractivity contribution in [2.45, 2.75) is 44.9 Å². The molecular formula is C36H32Cl2Ti-2. The Bertz CT molecular complexity index is 1300. The molecule has 1 saturated carbocycles. The van der Waals surface area contributed by atoms with Gasteiger partial charge >= 0.3 is 55.9 Å². The Balaban J connectivity index is 0.000000250. The largest absolute Gasteiger partial charge is 0.143 e. The van der Waals surface area contributed by atoms with Crippen LogP contribution in [0.25, 0.3) is 33.4 Å². The van der Waals surface area contributed by atoms with Crippen LogP contribution in [0.1, 0.15) is 49.7 Å². The zero-order valence-electron chi connectivity index (χ0n) is 22.1. The molecule has 0 heterocycles. The van der Waals surface area contributed by atoms with Crippen molar-refractivity contribution >= 4 is 3.81 Å². The van der Waals surface area contributed by atoms with E-state index in [1.165, 1.54) is 76.6 Å². The summed E-state index contributed by atoms with van der Waals surface area (Å²) >= 11 is 2.28. The van der Waals surface area contributed by atoms with E-state index in [4.69, 9.17) is 0 Å². The maximum Gasteiger partial charge on any atom is -0.0181 e. The van der Waals surface area contributed by atoms with Gasteiger partial charge in [0.25, 0.3) is 0 Å². The minimum absolute atomic E-state index is 0. The molecule has 3 aliphatic rings. The zero-order valence-corrected chi connectivity index (χ0v) is 25.2. The first-order valence-corrected chi connectivity index (χ1v) is 14.1. The zero-order chi connectivity index (χ0) is 25.3. The van der Waals surface area contributed by atoms with Crippen LogP contribution in [0, 0.1) is 12.1 Å². The number of halogens is 2. The van der Waals surface area contributed by atoms with Crippen LogP contribution in [0.2, 0.25) is 0 Å². The molecule has 0 atom stereocenters. The van der Waals surface area contributed by atoms with E-state index < -0.39 is 0 Å². The molecule has 0 radical (unpaired) electrons. The Morgan fingerprint density at radius 2 is 1.31 bits per heavy atom. The van der Waals surface area contributed by atoms with Crippen LogP contribution in [0.5, 0.6) is 0 Å². The Morgan fingerprint density at radius 3 is 1.87 bits per heavy atom. The average molecular weight is 583 g/mol. The topological polar surface area (TPSA) is 0 Å². The molecule has 1 fully saturated rings. The molecule has 0 spiro atoms. The Kier molecular flexibility index (Phi) is 12.7. The van der Waals surface area contributed by atoms with Gasteiger partial charge in [-0.15, -0.1) is 35.7 Å². The van der Waals surface area contributed by atoms with Crippen LogP contribution in [0.3, 0.4) is 0 Å². The smallest absolute Gasteiger partial charge is 0.0181 e. The van der Waals surface area contributed by atoms with Gasteiger partial charge in [-0.05, 0) is 23.1 Å². The van der Waals surface area contributed by atoms with Crippen LogP contribution < -0.4 is 24.8 Å². The second-order valence-electron chi connectivity index (χ2n) is 9.71. The van der Waals surface area contributed by atoms with Crippen LogP contribution in [0.15, 0.2) is 109 Å². The third-order valence-corrected chi connectivity index (χ3v) is 7.81.